The van der Waals surface area contributed by atoms with E-state index in [1.165, 1.54) is 185 Å². The molecule has 0 atom stereocenters. The maximum absolute atomic E-state index is 5.19. The number of aromatic nitrogens is 12. The van der Waals surface area contributed by atoms with E-state index < -0.39 is 0 Å². The van der Waals surface area contributed by atoms with E-state index in [2.05, 4.69) is 449 Å². The van der Waals surface area contributed by atoms with Crippen molar-refractivity contribution in [2.45, 2.75) is 268 Å². The highest BCUT2D eigenvalue weighted by Crippen LogP contribution is 2.42. The fourth-order valence-electron chi connectivity index (χ4n) is 19.7. The Balaban J connectivity index is 0.000000146. The Morgan fingerprint density at radius 2 is 0.500 bits per heavy atom. The average Bonchev–Trinajstić information content (AvgIpc) is 1.61. The van der Waals surface area contributed by atoms with Gasteiger partial charge in [-0.3, -0.25) is 18.3 Å². The number of fused-ring (bicyclic) bond motifs is 4. The van der Waals surface area contributed by atoms with Crippen molar-refractivity contribution < 1.29 is 18.3 Å². The summed E-state index contributed by atoms with van der Waals surface area (Å²) in [5.74, 6) is 6.67. The van der Waals surface area contributed by atoms with E-state index in [9.17, 15) is 0 Å². The molecule has 0 aliphatic heterocycles. The average molecular weight is 1710 g/mol. The maximum Gasteiger partial charge on any atom is 0.349 e. The third-order valence-electron chi connectivity index (χ3n) is 27.1. The van der Waals surface area contributed by atoms with Gasteiger partial charge < -0.3 is 0 Å². The summed E-state index contributed by atoms with van der Waals surface area (Å²) in [5, 5.41) is 0. The van der Waals surface area contributed by atoms with Gasteiger partial charge in [0, 0.05) is 42.5 Å². The van der Waals surface area contributed by atoms with Gasteiger partial charge in [-0.25, -0.2) is 18.3 Å². The molecule has 664 valence electrons. The van der Waals surface area contributed by atoms with Gasteiger partial charge in [-0.05, 0) is 312 Å². The van der Waals surface area contributed by atoms with Gasteiger partial charge in [-0.15, -0.1) is 0 Å². The summed E-state index contributed by atoms with van der Waals surface area (Å²) >= 11 is 0. The van der Waals surface area contributed by atoms with Gasteiger partial charge in [0.25, 0.3) is 0 Å². The van der Waals surface area contributed by atoms with E-state index in [0.717, 1.165) is 63.0 Å². The van der Waals surface area contributed by atoms with Crippen molar-refractivity contribution in [1.29, 1.82) is 0 Å². The molecule has 8 aromatic heterocycles. The second kappa shape index (κ2) is 37.9. The van der Waals surface area contributed by atoms with Crippen molar-refractivity contribution in [3.05, 3.63) is 305 Å². The molecular weight excluding hydrogens is 1560 g/mol. The zero-order chi connectivity index (χ0) is 93.1. The summed E-state index contributed by atoms with van der Waals surface area (Å²) in [5.41, 5.74) is 50.6. The lowest BCUT2D eigenvalue weighted by atomic mass is 9.92. The van der Waals surface area contributed by atoms with Crippen molar-refractivity contribution in [1.82, 2.24) is 38.2 Å². The van der Waals surface area contributed by atoms with E-state index in [4.69, 9.17) is 19.9 Å². The number of imidazole rings is 4. The molecule has 0 fully saturated rings. The first-order valence-electron chi connectivity index (χ1n) is 47.0. The third-order valence-corrected chi connectivity index (χ3v) is 27.1. The first-order chi connectivity index (χ1) is 60.6. The number of hydrogen-bond donors (Lipinski definition) is 0. The highest BCUT2D eigenvalue weighted by molar-refractivity contribution is 5.81. The lowest BCUT2D eigenvalue weighted by molar-refractivity contribution is -0.635. The normalized spacial score (nSPS) is 11.8. The van der Waals surface area contributed by atoms with Crippen LogP contribution < -0.4 is 18.3 Å². The first kappa shape index (κ1) is 93.9. The van der Waals surface area contributed by atoms with E-state index >= 15 is 0 Å². The lowest BCUT2D eigenvalue weighted by Gasteiger charge is -2.21. The zero-order valence-corrected chi connectivity index (χ0v) is 83.9. The summed E-state index contributed by atoms with van der Waals surface area (Å²) in [6.07, 6.45) is 2.88. The molecule has 12 nitrogen and oxygen atoms in total. The first-order valence-corrected chi connectivity index (χ1v) is 47.0. The van der Waals surface area contributed by atoms with Crippen LogP contribution in [0.3, 0.4) is 0 Å². The van der Waals surface area contributed by atoms with Crippen LogP contribution in [-0.4, -0.2) is 38.2 Å². The van der Waals surface area contributed by atoms with Gasteiger partial charge in [-0.1, -0.05) is 237 Å². The van der Waals surface area contributed by atoms with Gasteiger partial charge in [0.2, 0.25) is 23.8 Å². The van der Waals surface area contributed by atoms with Crippen molar-refractivity contribution in [2.75, 3.05) is 0 Å². The largest absolute Gasteiger partial charge is 0.349 e. The molecule has 12 heteroatoms. The van der Waals surface area contributed by atoms with E-state index in [1.807, 2.05) is 6.33 Å². The number of aryl methyl sites for hydroxylation is 15. The molecular formula is C116H144N12+4. The Morgan fingerprint density at radius 1 is 0.266 bits per heavy atom. The number of pyridine rings is 4. The summed E-state index contributed by atoms with van der Waals surface area (Å²) in [4.78, 5) is 20.2. The molecule has 128 heavy (non-hydrogen) atoms. The van der Waals surface area contributed by atoms with Crippen LogP contribution in [0.2, 0.25) is 0 Å². The predicted molar refractivity (Wildman–Crippen MR) is 539 cm³/mol. The fraction of sp³-hybridized carbons (Fsp3) is 0.379. The van der Waals surface area contributed by atoms with Crippen LogP contribution in [0.15, 0.2) is 176 Å². The van der Waals surface area contributed by atoms with Crippen molar-refractivity contribution >= 4 is 44.7 Å². The molecule has 0 saturated heterocycles. The molecule has 8 aromatic carbocycles. The van der Waals surface area contributed by atoms with Crippen LogP contribution in [0, 0.1) is 96.9 Å². The number of hydrogen-bond acceptors (Lipinski definition) is 4. The smallest absolute Gasteiger partial charge is 0.272 e. The second-order valence-electron chi connectivity index (χ2n) is 39.2. The van der Waals surface area contributed by atoms with Crippen LogP contribution >= 0.6 is 0 Å². The van der Waals surface area contributed by atoms with Crippen molar-refractivity contribution in [2.24, 2.45) is 28.2 Å². The predicted octanol–water partition coefficient (Wildman–Crippen LogP) is 27.9. The Bertz CT molecular complexity index is 6600. The fourth-order valence-corrected chi connectivity index (χ4v) is 19.7. The molecule has 8 heterocycles. The zero-order valence-electron chi connectivity index (χ0n) is 83.9. The van der Waals surface area contributed by atoms with E-state index in [1.54, 1.807) is 0 Å². The van der Waals surface area contributed by atoms with Gasteiger partial charge in [0.05, 0.1) is 50.9 Å². The molecule has 0 radical (unpaired) electrons. The number of rotatable bonds is 17. The monoisotopic (exact) mass is 1710 g/mol. The number of para-hydroxylation sites is 4. The minimum atomic E-state index is 0.437. The summed E-state index contributed by atoms with van der Waals surface area (Å²) in [6, 6.07) is 63.2. The molecule has 0 unspecified atom stereocenters. The van der Waals surface area contributed by atoms with E-state index in [-0.39, 0.29) is 0 Å². The third kappa shape index (κ3) is 17.8. The molecule has 0 N–H and O–H groups in total. The Morgan fingerprint density at radius 3 is 0.766 bits per heavy atom. The van der Waals surface area contributed by atoms with Crippen LogP contribution in [0.4, 0.5) is 0 Å². The molecule has 0 saturated carbocycles. The van der Waals surface area contributed by atoms with Crippen molar-refractivity contribution in [3.8, 4) is 67.8 Å². The van der Waals surface area contributed by atoms with E-state index in [0.29, 0.717) is 47.3 Å². The lowest BCUT2D eigenvalue weighted by Crippen LogP contribution is -2.32. The molecule has 0 spiro atoms. The molecule has 0 bridgehead atoms. The Hall–Kier alpha value is -11.8. The second-order valence-corrected chi connectivity index (χ2v) is 39.2. The quantitative estimate of drug-likeness (QED) is 0.0850. The molecule has 0 aliphatic carbocycles. The Labute approximate surface area is 765 Å². The highest BCUT2D eigenvalue weighted by atomic mass is 15.2. The summed E-state index contributed by atoms with van der Waals surface area (Å²) in [7, 11) is 8.57. The summed E-state index contributed by atoms with van der Waals surface area (Å²) in [6.45, 7) is 69.2. The van der Waals surface area contributed by atoms with Gasteiger partial charge in [-0.2, -0.15) is 0 Å². The van der Waals surface area contributed by atoms with Crippen LogP contribution in [0.5, 0.6) is 0 Å². The van der Waals surface area contributed by atoms with Crippen LogP contribution in [-0.2, 0) is 34.6 Å². The van der Waals surface area contributed by atoms with Crippen LogP contribution in [0.25, 0.3) is 112 Å². The van der Waals surface area contributed by atoms with Gasteiger partial charge in [0.15, 0.2) is 0 Å². The standard InChI is InChI=1S/C30H38N3.2C29H36N3.C28H34N3/c1-10-28-31-30-27(33(28)29-23(18(2)3)12-11-13-24(29)19(4)5)15-14-26(32(30)9)25-17-20(6)16-21(7)22(25)8;2*1-17(2)23-11-10-12-24(18(3)4)28(23)32-22(8)30-29-27(32)14-13-26(31(29)9)25-16-19(5)15-20(6)21(25)7;1-17(2)22-10-9-11-23(18(3)4)27(22)31-16-29-28-26(31)13-12-25(30(28)8)24-15-19(5)14-20(6)21(24)7/h11-19H,10H2,1-9H3;2*10-18H,1-9H3;9-18H,1-8H3/q4*+1. The number of nitrogens with zero attached hydrogens (tertiary/aromatic N) is 12. The van der Waals surface area contributed by atoms with Gasteiger partial charge >= 0.3 is 22.6 Å². The van der Waals surface area contributed by atoms with Crippen molar-refractivity contribution in [3.63, 3.8) is 0 Å². The maximum atomic E-state index is 5.19. The highest BCUT2D eigenvalue weighted by Gasteiger charge is 2.33. The SMILES string of the molecule is CCc1nc2c(ccc(-c3cc(C)cc(C)c3C)[n+]2C)n1-c1c(C(C)C)cccc1C(C)C.Cc1cc(C)c(C)c(-c2ccc3c(nc(C)n3-c3c(C(C)C)cccc3C(C)C)[n+]2C)c1.Cc1cc(C)c(C)c(-c2ccc3c(nc(C)n3-c3c(C(C)C)cccc3C(C)C)[n+]2C)c1.Cc1cc(C)c(C)c(-c2ccc3c(ncn3-c3c(C(C)C)cccc3C(C)C)[n+]2C)c1. The molecule has 0 aliphatic rings. The van der Waals surface area contributed by atoms with Gasteiger partial charge in [0.1, 0.15) is 44.8 Å². The molecule has 16 aromatic rings. The molecule has 0 amide bonds. The minimum Gasteiger partial charge on any atom is -0.272 e. The summed E-state index contributed by atoms with van der Waals surface area (Å²) < 4.78 is 18.5. The van der Waals surface area contributed by atoms with Crippen LogP contribution in [0.1, 0.15) is 294 Å². The topological polar surface area (TPSA) is 86.8 Å². The number of benzene rings is 8. The minimum absolute atomic E-state index is 0.437. The molecule has 16 rings (SSSR count). The Kier molecular flexibility index (Phi) is 27.8.